The molecule has 0 saturated heterocycles. The topological polar surface area (TPSA) is 111 Å². The number of nitrogens with one attached hydrogen (secondary N) is 1. The summed E-state index contributed by atoms with van der Waals surface area (Å²) in [6.45, 7) is 3.78. The molecule has 110 valence electrons. The van der Waals surface area contributed by atoms with Gasteiger partial charge in [0.05, 0.1) is 15.7 Å². The average Bonchev–Trinajstić information content (AvgIpc) is 2.44. The van der Waals surface area contributed by atoms with Crippen molar-refractivity contribution in [3.63, 3.8) is 0 Å². The van der Waals surface area contributed by atoms with Gasteiger partial charge in [0.1, 0.15) is 0 Å². The fourth-order valence-electron chi connectivity index (χ4n) is 1.89. The fourth-order valence-corrected chi connectivity index (χ4v) is 1.89. The van der Waals surface area contributed by atoms with E-state index in [0.29, 0.717) is 23.0 Å². The highest BCUT2D eigenvalue weighted by atomic mass is 16.6. The molecule has 0 saturated carbocycles. The number of amides is 1. The smallest absolute Gasteiger partial charge is 0.277 e. The molecule has 0 aliphatic heterocycles. The largest absolute Gasteiger partial charge is 0.383 e. The monoisotopic (exact) mass is 288 g/mol. The molecule has 0 aliphatic rings. The van der Waals surface area contributed by atoms with Gasteiger partial charge in [0.15, 0.2) is 0 Å². The molecule has 1 aromatic carbocycles. The third-order valence-corrected chi connectivity index (χ3v) is 3.38. The number of rotatable bonds is 5. The van der Waals surface area contributed by atoms with Gasteiger partial charge in [-0.2, -0.15) is 0 Å². The molecule has 3 N–H and O–H groups in total. The van der Waals surface area contributed by atoms with Crippen molar-refractivity contribution < 1.29 is 9.72 Å². The summed E-state index contributed by atoms with van der Waals surface area (Å²) in [5, 5.41) is 15.3. The molecule has 0 unspecified atom stereocenters. The van der Waals surface area contributed by atoms with Crippen LogP contribution in [0.2, 0.25) is 0 Å². The lowest BCUT2D eigenvalue weighted by Gasteiger charge is -2.22. The summed E-state index contributed by atoms with van der Waals surface area (Å²) < 4.78 is 0. The Hall–Kier alpha value is -2.70. The van der Waals surface area contributed by atoms with Crippen LogP contribution in [-0.4, -0.2) is 22.4 Å². The molecule has 7 heteroatoms. The van der Waals surface area contributed by atoms with Gasteiger partial charge in [-0.25, -0.2) is 0 Å². The zero-order valence-electron chi connectivity index (χ0n) is 11.8. The molecule has 0 bridgehead atoms. The number of pyridine rings is 1. The summed E-state index contributed by atoms with van der Waals surface area (Å²) in [4.78, 5) is 25.9. The highest BCUT2D eigenvalue weighted by Crippen LogP contribution is 2.31. The number of carbonyl (C=O) groups is 1. The maximum atomic E-state index is 11.3. The third kappa shape index (κ3) is 2.91. The van der Waals surface area contributed by atoms with Crippen LogP contribution in [-0.2, 0) is 4.79 Å². The Bertz CT molecular complexity index is 712. The Morgan fingerprint density at radius 2 is 2.10 bits per heavy atom. The minimum Gasteiger partial charge on any atom is -0.383 e. The van der Waals surface area contributed by atoms with E-state index in [1.54, 1.807) is 32.2 Å². The van der Waals surface area contributed by atoms with Gasteiger partial charge in [0.25, 0.3) is 5.69 Å². The van der Waals surface area contributed by atoms with Gasteiger partial charge in [-0.3, -0.25) is 19.9 Å². The first kappa shape index (κ1) is 14.7. The summed E-state index contributed by atoms with van der Waals surface area (Å²) in [5.74, 6) is -0.417. The first-order valence-electron chi connectivity index (χ1n) is 6.38. The van der Waals surface area contributed by atoms with Crippen LogP contribution in [0.5, 0.6) is 0 Å². The first-order chi connectivity index (χ1) is 9.83. The standard InChI is InChI=1S/C14H16N4O3/c1-14(2,13(15)19)8-17-11-3-4-12(18(20)21)9-5-6-16-7-10(9)11/h3-7,17H,8H2,1-2H3,(H2,15,19). The number of non-ortho nitro benzene ring substituents is 1. The third-order valence-electron chi connectivity index (χ3n) is 3.38. The predicted molar refractivity (Wildman–Crippen MR) is 79.9 cm³/mol. The van der Waals surface area contributed by atoms with Crippen LogP contribution < -0.4 is 11.1 Å². The highest BCUT2D eigenvalue weighted by molar-refractivity contribution is 5.99. The van der Waals surface area contributed by atoms with Crippen LogP contribution in [0.4, 0.5) is 11.4 Å². The molecule has 0 spiro atoms. The van der Waals surface area contributed by atoms with Crippen molar-refractivity contribution in [1.82, 2.24) is 4.98 Å². The Balaban J connectivity index is 2.40. The van der Waals surface area contributed by atoms with Crippen molar-refractivity contribution in [2.45, 2.75) is 13.8 Å². The molecular weight excluding hydrogens is 272 g/mol. The van der Waals surface area contributed by atoms with Crippen LogP contribution in [0.3, 0.4) is 0 Å². The molecule has 0 aliphatic carbocycles. The van der Waals surface area contributed by atoms with Crippen LogP contribution in [0.1, 0.15) is 13.8 Å². The Morgan fingerprint density at radius 1 is 1.38 bits per heavy atom. The van der Waals surface area contributed by atoms with Crippen molar-refractivity contribution in [1.29, 1.82) is 0 Å². The normalized spacial score (nSPS) is 11.3. The summed E-state index contributed by atoms with van der Waals surface area (Å²) in [6.07, 6.45) is 3.06. The molecule has 1 heterocycles. The lowest BCUT2D eigenvalue weighted by Crippen LogP contribution is -2.37. The van der Waals surface area contributed by atoms with E-state index >= 15 is 0 Å². The average molecular weight is 288 g/mol. The highest BCUT2D eigenvalue weighted by Gasteiger charge is 2.25. The number of aromatic nitrogens is 1. The lowest BCUT2D eigenvalue weighted by molar-refractivity contribution is -0.383. The van der Waals surface area contributed by atoms with E-state index < -0.39 is 16.2 Å². The quantitative estimate of drug-likeness (QED) is 0.646. The van der Waals surface area contributed by atoms with Crippen LogP contribution in [0, 0.1) is 15.5 Å². The molecule has 21 heavy (non-hydrogen) atoms. The minimum atomic E-state index is -0.726. The SMILES string of the molecule is CC(C)(CNc1ccc([N+](=O)[O-])c2ccncc12)C(N)=O. The van der Waals surface area contributed by atoms with Crippen LogP contribution in [0.25, 0.3) is 10.8 Å². The predicted octanol–water partition coefficient (Wildman–Crippen LogP) is 2.07. The molecule has 0 radical (unpaired) electrons. The van der Waals surface area contributed by atoms with E-state index in [0.717, 1.165) is 0 Å². The molecule has 1 aromatic heterocycles. The molecule has 2 aromatic rings. The van der Waals surface area contributed by atoms with E-state index in [1.807, 2.05) is 0 Å². The van der Waals surface area contributed by atoms with E-state index in [4.69, 9.17) is 5.73 Å². The maximum absolute atomic E-state index is 11.3. The van der Waals surface area contributed by atoms with Crippen molar-refractivity contribution in [2.24, 2.45) is 11.1 Å². The van der Waals surface area contributed by atoms with Gasteiger partial charge in [0, 0.05) is 36.1 Å². The summed E-state index contributed by atoms with van der Waals surface area (Å²) in [6, 6.07) is 4.64. The first-order valence-corrected chi connectivity index (χ1v) is 6.38. The molecule has 0 fully saturated rings. The maximum Gasteiger partial charge on any atom is 0.277 e. The molecule has 2 rings (SSSR count). The number of fused-ring (bicyclic) bond motifs is 1. The summed E-state index contributed by atoms with van der Waals surface area (Å²) in [7, 11) is 0. The number of hydrogen-bond acceptors (Lipinski definition) is 5. The molecule has 7 nitrogen and oxygen atoms in total. The summed E-state index contributed by atoms with van der Waals surface area (Å²) in [5.41, 5.74) is 5.30. The van der Waals surface area contributed by atoms with Crippen LogP contribution in [0.15, 0.2) is 30.6 Å². The number of hydrogen-bond donors (Lipinski definition) is 2. The van der Waals surface area contributed by atoms with Gasteiger partial charge in [-0.15, -0.1) is 0 Å². The number of nitrogens with zero attached hydrogens (tertiary/aromatic N) is 2. The Labute approximate surface area is 121 Å². The second-order valence-electron chi connectivity index (χ2n) is 5.41. The second-order valence-corrected chi connectivity index (χ2v) is 5.41. The number of anilines is 1. The second kappa shape index (κ2) is 5.35. The summed E-state index contributed by atoms with van der Waals surface area (Å²) >= 11 is 0. The van der Waals surface area contributed by atoms with E-state index in [9.17, 15) is 14.9 Å². The number of primary amides is 1. The number of carbonyl (C=O) groups excluding carboxylic acids is 1. The Morgan fingerprint density at radius 3 is 2.71 bits per heavy atom. The van der Waals surface area contributed by atoms with Crippen molar-refractivity contribution in [3.8, 4) is 0 Å². The molecule has 0 atom stereocenters. The number of nitrogens with two attached hydrogens (primary N) is 1. The fraction of sp³-hybridized carbons (Fsp3) is 0.286. The zero-order chi connectivity index (χ0) is 15.6. The van der Waals surface area contributed by atoms with Gasteiger partial charge in [-0.1, -0.05) is 0 Å². The van der Waals surface area contributed by atoms with Gasteiger partial charge >= 0.3 is 0 Å². The van der Waals surface area contributed by atoms with Crippen molar-refractivity contribution in [2.75, 3.05) is 11.9 Å². The number of nitro groups is 1. The zero-order valence-corrected chi connectivity index (χ0v) is 11.8. The molecular formula is C14H16N4O3. The minimum absolute atomic E-state index is 0.0205. The van der Waals surface area contributed by atoms with E-state index in [1.165, 1.54) is 12.3 Å². The lowest BCUT2D eigenvalue weighted by atomic mass is 9.92. The van der Waals surface area contributed by atoms with Crippen LogP contribution >= 0.6 is 0 Å². The number of nitro benzene ring substituents is 1. The number of benzene rings is 1. The van der Waals surface area contributed by atoms with E-state index in [-0.39, 0.29) is 5.69 Å². The van der Waals surface area contributed by atoms with Gasteiger partial charge < -0.3 is 11.1 Å². The Kier molecular flexibility index (Phi) is 3.75. The molecule has 1 amide bonds. The van der Waals surface area contributed by atoms with Gasteiger partial charge in [0.2, 0.25) is 5.91 Å². The van der Waals surface area contributed by atoms with Crippen molar-refractivity contribution in [3.05, 3.63) is 40.7 Å². The van der Waals surface area contributed by atoms with Gasteiger partial charge in [-0.05, 0) is 26.0 Å². The van der Waals surface area contributed by atoms with Crippen molar-refractivity contribution >= 4 is 28.1 Å². The van der Waals surface area contributed by atoms with E-state index in [2.05, 4.69) is 10.3 Å².